The highest BCUT2D eigenvalue weighted by molar-refractivity contribution is 6.30. The van der Waals surface area contributed by atoms with Crippen LogP contribution in [-0.4, -0.2) is 55.5 Å². The van der Waals surface area contributed by atoms with Gasteiger partial charge in [-0.15, -0.1) is 0 Å². The number of aliphatic imine (C=N–C) groups is 1. The molecule has 2 unspecified atom stereocenters. The van der Waals surface area contributed by atoms with E-state index in [4.69, 9.17) is 32.9 Å². The van der Waals surface area contributed by atoms with Crippen LogP contribution in [0.3, 0.4) is 0 Å². The topological polar surface area (TPSA) is 57.2 Å². The van der Waals surface area contributed by atoms with Gasteiger partial charge in [-0.3, -0.25) is 9.89 Å². The van der Waals surface area contributed by atoms with E-state index in [9.17, 15) is 4.79 Å². The van der Waals surface area contributed by atoms with Gasteiger partial charge >= 0.3 is 6.03 Å². The summed E-state index contributed by atoms with van der Waals surface area (Å²) in [5.41, 5.74) is 2.84. The summed E-state index contributed by atoms with van der Waals surface area (Å²) in [5.74, 6) is 1.24. The zero-order chi connectivity index (χ0) is 29.9. The molecule has 2 atom stereocenters. The smallest absolute Gasteiger partial charge is 0.323 e. The monoisotopic (exact) mass is 594 g/mol. The lowest BCUT2D eigenvalue weighted by Gasteiger charge is -2.35. The molecule has 0 spiro atoms. The molecule has 0 bridgehead atoms. The largest absolute Gasteiger partial charge is 0.493 e. The first-order chi connectivity index (χ1) is 19.3. The zero-order valence-electron chi connectivity index (χ0n) is 25.0. The van der Waals surface area contributed by atoms with Crippen molar-refractivity contribution in [3.63, 3.8) is 0 Å². The maximum Gasteiger partial charge on any atom is 0.323 e. The third kappa shape index (κ3) is 6.72. The summed E-state index contributed by atoms with van der Waals surface area (Å²) >= 11 is 12.6. The predicted molar refractivity (Wildman–Crippen MR) is 170 cm³/mol. The second-order valence-electron chi connectivity index (χ2n) is 11.8. The number of carbonyl (C=O) groups excluding carboxylic acids is 1. The number of amides is 2. The molecule has 0 fully saturated rings. The molecule has 0 radical (unpaired) electrons. The molecule has 1 N–H and O–H groups in total. The van der Waals surface area contributed by atoms with E-state index in [-0.39, 0.29) is 11.4 Å². The fraction of sp³-hybridized carbons (Fsp3) is 0.394. The van der Waals surface area contributed by atoms with Gasteiger partial charge in [0.05, 0.1) is 18.2 Å². The summed E-state index contributed by atoms with van der Waals surface area (Å²) < 4.78 is 6.19. The predicted octanol–water partition coefficient (Wildman–Crippen LogP) is 7.68. The van der Waals surface area contributed by atoms with Crippen molar-refractivity contribution in [2.24, 2.45) is 4.99 Å². The van der Waals surface area contributed by atoms with Gasteiger partial charge in [0, 0.05) is 23.1 Å². The minimum Gasteiger partial charge on any atom is -0.493 e. The van der Waals surface area contributed by atoms with Crippen LogP contribution in [0.25, 0.3) is 0 Å². The molecular formula is C33H40Cl2N4O2. The van der Waals surface area contributed by atoms with Crippen molar-refractivity contribution in [2.45, 2.75) is 51.6 Å². The Hall–Kier alpha value is -3.06. The Kier molecular flexibility index (Phi) is 9.37. The highest BCUT2D eigenvalue weighted by Crippen LogP contribution is 2.49. The standard InChI is InChI=1S/C33H40Cl2N4O2/c1-8-41-28-21-24(32(2,3)4)13-18-27(28)30-37-33(5,23-11-16-26(35)17-12-23)29(22-9-14-25(34)15-10-22)39(30)31(40)36-19-20-38(6)7/h9-18,21,29H,8,19-20H2,1-7H3,(H,36,40). The van der Waals surface area contributed by atoms with Crippen LogP contribution in [0.5, 0.6) is 5.75 Å². The van der Waals surface area contributed by atoms with Gasteiger partial charge in [0.1, 0.15) is 17.1 Å². The normalized spacial score (nSPS) is 18.9. The van der Waals surface area contributed by atoms with Crippen LogP contribution < -0.4 is 10.1 Å². The first-order valence-electron chi connectivity index (χ1n) is 14.0. The Morgan fingerprint density at radius 2 is 1.63 bits per heavy atom. The minimum absolute atomic E-state index is 0.0746. The number of ether oxygens (including phenoxy) is 1. The lowest BCUT2D eigenvalue weighted by Crippen LogP contribution is -2.47. The number of nitrogens with zero attached hydrogens (tertiary/aromatic N) is 3. The maximum absolute atomic E-state index is 14.2. The Morgan fingerprint density at radius 1 is 1.02 bits per heavy atom. The van der Waals surface area contributed by atoms with Crippen LogP contribution in [-0.2, 0) is 11.0 Å². The van der Waals surface area contributed by atoms with E-state index in [2.05, 4.69) is 45.1 Å². The molecule has 0 aliphatic carbocycles. The quantitative estimate of drug-likeness (QED) is 0.291. The second kappa shape index (κ2) is 12.4. The van der Waals surface area contributed by atoms with Crippen molar-refractivity contribution in [1.82, 2.24) is 15.1 Å². The summed E-state index contributed by atoms with van der Waals surface area (Å²) in [7, 11) is 3.96. The van der Waals surface area contributed by atoms with Crippen LogP contribution in [0.2, 0.25) is 10.0 Å². The SMILES string of the molecule is CCOc1cc(C(C)(C)C)ccc1C1=NC(C)(c2ccc(Cl)cc2)C(c2ccc(Cl)cc2)N1C(=O)NCCN(C)C. The van der Waals surface area contributed by atoms with Crippen molar-refractivity contribution in [1.29, 1.82) is 0 Å². The summed E-state index contributed by atoms with van der Waals surface area (Å²) in [5, 5.41) is 4.39. The van der Waals surface area contributed by atoms with Crippen LogP contribution in [0.4, 0.5) is 4.79 Å². The molecule has 3 aromatic carbocycles. The number of urea groups is 1. The number of nitrogens with one attached hydrogen (secondary N) is 1. The summed E-state index contributed by atoms with van der Waals surface area (Å²) in [6, 6.07) is 20.8. The van der Waals surface area contributed by atoms with Crippen LogP contribution >= 0.6 is 23.2 Å². The van der Waals surface area contributed by atoms with Gasteiger partial charge in [0.15, 0.2) is 0 Å². The molecule has 1 aliphatic heterocycles. The van der Waals surface area contributed by atoms with Crippen LogP contribution in [0.15, 0.2) is 71.7 Å². The average molecular weight is 596 g/mol. The minimum atomic E-state index is -0.835. The highest BCUT2D eigenvalue weighted by Gasteiger charge is 2.50. The zero-order valence-corrected chi connectivity index (χ0v) is 26.5. The fourth-order valence-corrected chi connectivity index (χ4v) is 5.41. The van der Waals surface area contributed by atoms with E-state index in [1.54, 1.807) is 4.90 Å². The molecule has 0 saturated heterocycles. The van der Waals surface area contributed by atoms with Crippen molar-refractivity contribution >= 4 is 35.1 Å². The molecular weight excluding hydrogens is 555 g/mol. The molecule has 3 aromatic rings. The van der Waals surface area contributed by atoms with Crippen LogP contribution in [0, 0.1) is 0 Å². The number of amidine groups is 1. The Morgan fingerprint density at radius 3 is 2.20 bits per heavy atom. The van der Waals surface area contributed by atoms with Gasteiger partial charge < -0.3 is 15.0 Å². The van der Waals surface area contributed by atoms with Gasteiger partial charge in [-0.1, -0.05) is 74.3 Å². The maximum atomic E-state index is 14.2. The highest BCUT2D eigenvalue weighted by atomic mass is 35.5. The molecule has 0 saturated carbocycles. The Labute approximate surface area is 254 Å². The van der Waals surface area contributed by atoms with Gasteiger partial charge in [0.2, 0.25) is 0 Å². The van der Waals surface area contributed by atoms with E-state index in [1.807, 2.05) is 80.5 Å². The second-order valence-corrected chi connectivity index (χ2v) is 12.7. The third-order valence-electron chi connectivity index (χ3n) is 7.41. The number of likely N-dealkylation sites (N-methyl/N-ethyl adjacent to an activating group) is 1. The van der Waals surface area contributed by atoms with E-state index < -0.39 is 11.6 Å². The number of hydrogen-bond donors (Lipinski definition) is 1. The van der Waals surface area contributed by atoms with E-state index in [0.717, 1.165) is 22.3 Å². The molecule has 1 heterocycles. The molecule has 0 aromatic heterocycles. The molecule has 1 aliphatic rings. The molecule has 8 heteroatoms. The number of rotatable bonds is 8. The molecule has 2 amide bonds. The summed E-state index contributed by atoms with van der Waals surface area (Å²) in [6.45, 7) is 12.2. The number of benzene rings is 3. The third-order valence-corrected chi connectivity index (χ3v) is 7.92. The van der Waals surface area contributed by atoms with Crippen molar-refractivity contribution in [2.75, 3.05) is 33.8 Å². The number of carbonyl (C=O) groups is 1. The lowest BCUT2D eigenvalue weighted by molar-refractivity contribution is 0.195. The number of hydrogen-bond acceptors (Lipinski definition) is 4. The average Bonchev–Trinajstić information content (AvgIpc) is 3.23. The van der Waals surface area contributed by atoms with Crippen molar-refractivity contribution in [3.8, 4) is 5.75 Å². The van der Waals surface area contributed by atoms with E-state index in [1.165, 1.54) is 0 Å². The van der Waals surface area contributed by atoms with Crippen LogP contribution in [0.1, 0.15) is 62.9 Å². The van der Waals surface area contributed by atoms with E-state index in [0.29, 0.717) is 41.3 Å². The van der Waals surface area contributed by atoms with Gasteiger partial charge in [-0.05, 0) is 86.4 Å². The van der Waals surface area contributed by atoms with Gasteiger partial charge in [-0.2, -0.15) is 0 Å². The van der Waals surface area contributed by atoms with Crippen molar-refractivity contribution < 1.29 is 9.53 Å². The Balaban J connectivity index is 1.95. The molecule has 6 nitrogen and oxygen atoms in total. The first kappa shape index (κ1) is 30.9. The first-order valence-corrected chi connectivity index (χ1v) is 14.7. The van der Waals surface area contributed by atoms with Gasteiger partial charge in [-0.25, -0.2) is 4.79 Å². The summed E-state index contributed by atoms with van der Waals surface area (Å²) in [6.07, 6.45) is 0. The van der Waals surface area contributed by atoms with E-state index >= 15 is 0 Å². The molecule has 218 valence electrons. The summed E-state index contributed by atoms with van der Waals surface area (Å²) in [4.78, 5) is 23.3. The fourth-order valence-electron chi connectivity index (χ4n) is 5.16. The number of halogens is 2. The van der Waals surface area contributed by atoms with Gasteiger partial charge in [0.25, 0.3) is 0 Å². The Bertz CT molecular complexity index is 1400. The lowest BCUT2D eigenvalue weighted by atomic mass is 9.81. The molecule has 41 heavy (non-hydrogen) atoms. The van der Waals surface area contributed by atoms with Crippen molar-refractivity contribution in [3.05, 3.63) is 99.0 Å². The molecule has 4 rings (SSSR count).